The van der Waals surface area contributed by atoms with Gasteiger partial charge in [0.2, 0.25) is 0 Å². The maximum absolute atomic E-state index is 2.86. The Kier molecular flexibility index (Phi) is 7.02. The van der Waals surface area contributed by atoms with E-state index in [4.69, 9.17) is 0 Å². The van der Waals surface area contributed by atoms with Crippen molar-refractivity contribution in [1.82, 2.24) is 19.6 Å². The van der Waals surface area contributed by atoms with Crippen molar-refractivity contribution in [3.63, 3.8) is 0 Å². The van der Waals surface area contributed by atoms with Gasteiger partial charge >= 0.3 is 0 Å². The van der Waals surface area contributed by atoms with Gasteiger partial charge in [0.15, 0.2) is 0 Å². The third kappa shape index (κ3) is 4.77. The maximum atomic E-state index is 2.86. The third-order valence-electron chi connectivity index (χ3n) is 8.66. The Balaban J connectivity index is 1.15. The summed E-state index contributed by atoms with van der Waals surface area (Å²) in [6, 6.07) is 3.34. The molecule has 0 N–H and O–H groups in total. The fourth-order valence-electron chi connectivity index (χ4n) is 6.27. The highest BCUT2D eigenvalue weighted by molar-refractivity contribution is 4.92. The van der Waals surface area contributed by atoms with Crippen molar-refractivity contribution >= 4 is 0 Å². The lowest BCUT2D eigenvalue weighted by atomic mass is 9.85. The number of rotatable bonds is 5. The van der Waals surface area contributed by atoms with Crippen LogP contribution in [0, 0.1) is 11.8 Å². The van der Waals surface area contributed by atoms with Gasteiger partial charge in [0, 0.05) is 37.3 Å². The maximum Gasteiger partial charge on any atom is 0.0120 e. The molecule has 4 heteroatoms. The van der Waals surface area contributed by atoms with Crippen molar-refractivity contribution in [1.29, 1.82) is 0 Å². The zero-order chi connectivity index (χ0) is 19.7. The monoisotopic (exact) mass is 390 g/mol. The summed E-state index contributed by atoms with van der Waals surface area (Å²) >= 11 is 0. The first-order valence-electron chi connectivity index (χ1n) is 12.5. The van der Waals surface area contributed by atoms with E-state index in [0.29, 0.717) is 0 Å². The highest BCUT2D eigenvalue weighted by Crippen LogP contribution is 2.31. The van der Waals surface area contributed by atoms with Crippen molar-refractivity contribution in [2.24, 2.45) is 11.8 Å². The van der Waals surface area contributed by atoms with Gasteiger partial charge in [-0.1, -0.05) is 13.8 Å². The van der Waals surface area contributed by atoms with Crippen LogP contribution in [0.4, 0.5) is 0 Å². The molecule has 0 atom stereocenters. The predicted molar refractivity (Wildman–Crippen MR) is 119 cm³/mol. The summed E-state index contributed by atoms with van der Waals surface area (Å²) in [4.78, 5) is 11.1. The van der Waals surface area contributed by atoms with Gasteiger partial charge in [-0.3, -0.25) is 4.90 Å². The van der Waals surface area contributed by atoms with E-state index < -0.39 is 0 Å². The molecule has 4 fully saturated rings. The van der Waals surface area contributed by atoms with Crippen molar-refractivity contribution in [3.05, 3.63) is 0 Å². The molecule has 4 aliphatic heterocycles. The topological polar surface area (TPSA) is 13.0 Å². The van der Waals surface area contributed by atoms with E-state index in [-0.39, 0.29) is 0 Å². The van der Waals surface area contributed by atoms with Gasteiger partial charge in [0.1, 0.15) is 0 Å². The normalized spacial score (nSPS) is 29.8. The van der Waals surface area contributed by atoms with Crippen molar-refractivity contribution < 1.29 is 0 Å². The Morgan fingerprint density at radius 2 is 0.929 bits per heavy atom. The second-order valence-electron chi connectivity index (χ2n) is 10.9. The van der Waals surface area contributed by atoms with E-state index >= 15 is 0 Å². The summed E-state index contributed by atoms with van der Waals surface area (Å²) in [5.41, 5.74) is 0. The molecule has 0 bridgehead atoms. The van der Waals surface area contributed by atoms with Gasteiger partial charge in [-0.05, 0) is 103 Å². The third-order valence-corrected chi connectivity index (χ3v) is 8.66. The number of piperidine rings is 3. The van der Waals surface area contributed by atoms with E-state index in [0.717, 1.165) is 36.0 Å². The van der Waals surface area contributed by atoms with E-state index in [1.165, 1.54) is 90.9 Å². The van der Waals surface area contributed by atoms with Gasteiger partial charge in [-0.2, -0.15) is 0 Å². The SMILES string of the molecule is CC(C)C1CN(C2CCN(C3CCN(C4CCN(C(C)C)CC4)CC3)CC2)C1. The number of hydrogen-bond acceptors (Lipinski definition) is 4. The molecular weight excluding hydrogens is 344 g/mol. The van der Waals surface area contributed by atoms with E-state index in [1.807, 2.05) is 0 Å². The molecule has 162 valence electrons. The Labute approximate surface area is 174 Å². The average Bonchev–Trinajstić information content (AvgIpc) is 2.67. The summed E-state index contributed by atoms with van der Waals surface area (Å²) in [5.74, 6) is 1.84. The minimum Gasteiger partial charge on any atom is -0.301 e. The van der Waals surface area contributed by atoms with Crippen LogP contribution in [0.25, 0.3) is 0 Å². The molecule has 0 saturated carbocycles. The van der Waals surface area contributed by atoms with Crippen LogP contribution >= 0.6 is 0 Å². The van der Waals surface area contributed by atoms with Gasteiger partial charge in [0.25, 0.3) is 0 Å². The van der Waals surface area contributed by atoms with Gasteiger partial charge in [-0.25, -0.2) is 0 Å². The second kappa shape index (κ2) is 9.32. The van der Waals surface area contributed by atoms with Crippen molar-refractivity contribution in [3.8, 4) is 0 Å². The quantitative estimate of drug-likeness (QED) is 0.713. The lowest BCUT2D eigenvalue weighted by Crippen LogP contribution is -2.58. The Bertz CT molecular complexity index is 463. The zero-order valence-corrected chi connectivity index (χ0v) is 19.2. The minimum absolute atomic E-state index is 0.724. The van der Waals surface area contributed by atoms with Gasteiger partial charge in [-0.15, -0.1) is 0 Å². The first-order chi connectivity index (χ1) is 13.5. The minimum atomic E-state index is 0.724. The van der Waals surface area contributed by atoms with Gasteiger partial charge in [0.05, 0.1) is 0 Å². The Morgan fingerprint density at radius 1 is 0.536 bits per heavy atom. The molecule has 4 rings (SSSR count). The van der Waals surface area contributed by atoms with Crippen LogP contribution in [0.5, 0.6) is 0 Å². The van der Waals surface area contributed by atoms with Crippen LogP contribution in [0.3, 0.4) is 0 Å². The molecule has 4 nitrogen and oxygen atoms in total. The van der Waals surface area contributed by atoms with Crippen LogP contribution in [-0.4, -0.2) is 96.1 Å². The molecule has 0 aromatic heterocycles. The molecule has 0 aromatic carbocycles. The van der Waals surface area contributed by atoms with Crippen LogP contribution in [0.15, 0.2) is 0 Å². The van der Waals surface area contributed by atoms with Crippen LogP contribution < -0.4 is 0 Å². The molecule has 0 radical (unpaired) electrons. The highest BCUT2D eigenvalue weighted by Gasteiger charge is 2.37. The molecule has 0 spiro atoms. The van der Waals surface area contributed by atoms with Gasteiger partial charge < -0.3 is 14.7 Å². The largest absolute Gasteiger partial charge is 0.301 e. The average molecular weight is 391 g/mol. The molecule has 0 aliphatic carbocycles. The van der Waals surface area contributed by atoms with E-state index in [9.17, 15) is 0 Å². The second-order valence-corrected chi connectivity index (χ2v) is 10.9. The number of likely N-dealkylation sites (tertiary alicyclic amines) is 4. The molecule has 28 heavy (non-hydrogen) atoms. The molecule has 4 aliphatic rings. The smallest absolute Gasteiger partial charge is 0.0120 e. The summed E-state index contributed by atoms with van der Waals surface area (Å²) in [6.07, 6.45) is 8.43. The fourth-order valence-corrected chi connectivity index (χ4v) is 6.27. The molecule has 4 heterocycles. The lowest BCUT2D eigenvalue weighted by Gasteiger charge is -2.50. The number of nitrogens with zero attached hydrogens (tertiary/aromatic N) is 4. The Morgan fingerprint density at radius 3 is 1.32 bits per heavy atom. The summed E-state index contributed by atoms with van der Waals surface area (Å²) in [5, 5.41) is 0. The number of hydrogen-bond donors (Lipinski definition) is 0. The van der Waals surface area contributed by atoms with Crippen LogP contribution in [0.2, 0.25) is 0 Å². The fraction of sp³-hybridized carbons (Fsp3) is 1.00. The van der Waals surface area contributed by atoms with Crippen molar-refractivity contribution in [2.75, 3.05) is 52.4 Å². The lowest BCUT2D eigenvalue weighted by molar-refractivity contribution is -0.0136. The highest BCUT2D eigenvalue weighted by atomic mass is 15.3. The summed E-state index contributed by atoms with van der Waals surface area (Å²) in [6.45, 7) is 20.2. The molecule has 0 unspecified atom stereocenters. The van der Waals surface area contributed by atoms with Crippen LogP contribution in [-0.2, 0) is 0 Å². The first-order valence-corrected chi connectivity index (χ1v) is 12.5. The standard InChI is InChI=1S/C24H46N4/c1-19(2)21-17-28(18-21)24-9-15-27(16-10-24)23-7-13-26(14-8-23)22-5-11-25(12-6-22)20(3)4/h19-24H,5-18H2,1-4H3. The predicted octanol–water partition coefficient (Wildman–Crippen LogP) is 3.38. The Hall–Kier alpha value is -0.160. The first kappa shape index (κ1) is 21.1. The summed E-state index contributed by atoms with van der Waals surface area (Å²) in [7, 11) is 0. The zero-order valence-electron chi connectivity index (χ0n) is 19.2. The molecule has 4 saturated heterocycles. The molecule has 0 aromatic rings. The summed E-state index contributed by atoms with van der Waals surface area (Å²) < 4.78 is 0. The van der Waals surface area contributed by atoms with E-state index in [2.05, 4.69) is 47.3 Å². The molecular formula is C24H46N4. The van der Waals surface area contributed by atoms with Crippen molar-refractivity contribution in [2.45, 2.75) is 90.4 Å². The molecule has 0 amide bonds. The van der Waals surface area contributed by atoms with Crippen LogP contribution in [0.1, 0.15) is 66.2 Å². The van der Waals surface area contributed by atoms with E-state index in [1.54, 1.807) is 0 Å².